The number of phenols is 1. The third-order valence-electron chi connectivity index (χ3n) is 3.72. The number of rotatable bonds is 4. The van der Waals surface area contributed by atoms with Crippen LogP contribution in [0.1, 0.15) is 34.3 Å². The fraction of sp³-hybridized carbons (Fsp3) is 0.312. The van der Waals surface area contributed by atoms with Crippen molar-refractivity contribution in [1.82, 2.24) is 4.90 Å². The van der Waals surface area contributed by atoms with Crippen molar-refractivity contribution < 1.29 is 9.90 Å². The lowest BCUT2D eigenvalue weighted by Crippen LogP contribution is -2.32. The normalized spacial score (nSPS) is 14.2. The van der Waals surface area contributed by atoms with Crippen molar-refractivity contribution >= 4 is 17.2 Å². The van der Waals surface area contributed by atoms with Gasteiger partial charge in [0.15, 0.2) is 0 Å². The van der Waals surface area contributed by atoms with E-state index < -0.39 is 0 Å². The Morgan fingerprint density at radius 2 is 2.20 bits per heavy atom. The summed E-state index contributed by atoms with van der Waals surface area (Å²) in [6, 6.07) is 7.55. The molecule has 1 fully saturated rings. The van der Waals surface area contributed by atoms with E-state index in [1.165, 1.54) is 5.56 Å². The molecule has 0 atom stereocenters. The average Bonchev–Trinajstić information content (AvgIpc) is 3.15. The number of hydrogen-bond acceptors (Lipinski definition) is 3. The highest BCUT2D eigenvalue weighted by molar-refractivity contribution is 7.07. The van der Waals surface area contributed by atoms with Gasteiger partial charge < -0.3 is 10.0 Å². The molecular formula is C16H17NO2S. The van der Waals surface area contributed by atoms with Crippen LogP contribution in [0.2, 0.25) is 0 Å². The standard InChI is InChI=1S/C16H17NO2S/c1-11-14(3-2-4-15(11)18)16(19)17(13-5-6-13)9-12-7-8-20-10-12/h2-4,7-8,10,13,18H,5-6,9H2,1H3. The second kappa shape index (κ2) is 5.29. The number of phenolic OH excluding ortho intramolecular Hbond substituents is 1. The lowest BCUT2D eigenvalue weighted by Gasteiger charge is -2.23. The van der Waals surface area contributed by atoms with Gasteiger partial charge in [0.2, 0.25) is 0 Å². The quantitative estimate of drug-likeness (QED) is 0.934. The molecule has 2 aromatic rings. The zero-order valence-electron chi connectivity index (χ0n) is 11.4. The van der Waals surface area contributed by atoms with Crippen LogP contribution in [0.25, 0.3) is 0 Å². The fourth-order valence-electron chi connectivity index (χ4n) is 2.34. The van der Waals surface area contributed by atoms with E-state index in [4.69, 9.17) is 0 Å². The Morgan fingerprint density at radius 1 is 1.40 bits per heavy atom. The first-order valence-corrected chi connectivity index (χ1v) is 7.71. The predicted molar refractivity (Wildman–Crippen MR) is 80.1 cm³/mol. The molecule has 3 rings (SSSR count). The summed E-state index contributed by atoms with van der Waals surface area (Å²) in [4.78, 5) is 14.7. The first-order valence-electron chi connectivity index (χ1n) is 6.77. The summed E-state index contributed by atoms with van der Waals surface area (Å²) in [5.74, 6) is 0.203. The van der Waals surface area contributed by atoms with Crippen molar-refractivity contribution in [3.05, 3.63) is 51.7 Å². The Kier molecular flexibility index (Phi) is 3.49. The topological polar surface area (TPSA) is 40.5 Å². The van der Waals surface area contributed by atoms with Crippen molar-refractivity contribution in [2.24, 2.45) is 0 Å². The van der Waals surface area contributed by atoms with E-state index in [1.54, 1.807) is 36.5 Å². The molecule has 0 radical (unpaired) electrons. The lowest BCUT2D eigenvalue weighted by molar-refractivity contribution is 0.0729. The molecule has 104 valence electrons. The number of thiophene rings is 1. The van der Waals surface area contributed by atoms with E-state index in [-0.39, 0.29) is 11.7 Å². The summed E-state index contributed by atoms with van der Waals surface area (Å²) in [7, 11) is 0. The first kappa shape index (κ1) is 13.2. The number of carbonyl (C=O) groups excluding carboxylic acids is 1. The van der Waals surface area contributed by atoms with Gasteiger partial charge >= 0.3 is 0 Å². The van der Waals surface area contributed by atoms with Crippen LogP contribution in [0.4, 0.5) is 0 Å². The fourth-order valence-corrected chi connectivity index (χ4v) is 3.00. The van der Waals surface area contributed by atoms with Gasteiger partial charge in [0.1, 0.15) is 5.75 Å². The highest BCUT2D eigenvalue weighted by Crippen LogP contribution is 2.31. The minimum atomic E-state index is 0.0205. The molecule has 1 aliphatic rings. The summed E-state index contributed by atoms with van der Waals surface area (Å²) >= 11 is 1.65. The molecule has 0 unspecified atom stereocenters. The van der Waals surface area contributed by atoms with Gasteiger partial charge in [-0.3, -0.25) is 4.79 Å². The summed E-state index contributed by atoms with van der Waals surface area (Å²) < 4.78 is 0. The third kappa shape index (κ3) is 2.56. The molecule has 1 amide bonds. The molecule has 0 aliphatic heterocycles. The molecule has 1 aromatic carbocycles. The van der Waals surface area contributed by atoms with Gasteiger partial charge in [0, 0.05) is 23.7 Å². The monoisotopic (exact) mass is 287 g/mol. The molecule has 0 spiro atoms. The number of nitrogens with zero attached hydrogens (tertiary/aromatic N) is 1. The molecule has 20 heavy (non-hydrogen) atoms. The van der Waals surface area contributed by atoms with Crippen molar-refractivity contribution in [1.29, 1.82) is 0 Å². The number of benzene rings is 1. The van der Waals surface area contributed by atoms with Crippen LogP contribution in [-0.4, -0.2) is 22.0 Å². The van der Waals surface area contributed by atoms with Gasteiger partial charge in [-0.2, -0.15) is 11.3 Å². The largest absolute Gasteiger partial charge is 0.508 e. The number of amides is 1. The Balaban J connectivity index is 1.87. The van der Waals surface area contributed by atoms with E-state index in [9.17, 15) is 9.90 Å². The average molecular weight is 287 g/mol. The molecule has 1 aliphatic carbocycles. The van der Waals surface area contributed by atoms with Crippen molar-refractivity contribution in [3.8, 4) is 5.75 Å². The second-order valence-corrected chi connectivity index (χ2v) is 6.03. The van der Waals surface area contributed by atoms with Crippen molar-refractivity contribution in [2.45, 2.75) is 32.4 Å². The van der Waals surface area contributed by atoms with E-state index in [0.717, 1.165) is 12.8 Å². The van der Waals surface area contributed by atoms with Crippen LogP contribution >= 0.6 is 11.3 Å². The minimum Gasteiger partial charge on any atom is -0.508 e. The summed E-state index contributed by atoms with van der Waals surface area (Å²) in [6.45, 7) is 2.44. The van der Waals surface area contributed by atoms with Crippen LogP contribution in [0.3, 0.4) is 0 Å². The number of carbonyl (C=O) groups is 1. The highest BCUT2D eigenvalue weighted by Gasteiger charge is 2.33. The van der Waals surface area contributed by atoms with Crippen LogP contribution in [0.15, 0.2) is 35.0 Å². The first-order chi connectivity index (χ1) is 9.66. The SMILES string of the molecule is Cc1c(O)cccc1C(=O)N(Cc1ccsc1)C1CC1. The van der Waals surface area contributed by atoms with E-state index >= 15 is 0 Å². The molecule has 1 aromatic heterocycles. The number of hydrogen-bond donors (Lipinski definition) is 1. The third-order valence-corrected chi connectivity index (χ3v) is 4.45. The maximum absolute atomic E-state index is 12.7. The zero-order chi connectivity index (χ0) is 14.1. The van der Waals surface area contributed by atoms with Crippen molar-refractivity contribution in [3.63, 3.8) is 0 Å². The zero-order valence-corrected chi connectivity index (χ0v) is 12.2. The van der Waals surface area contributed by atoms with E-state index in [2.05, 4.69) is 11.4 Å². The lowest BCUT2D eigenvalue weighted by atomic mass is 10.1. The Bertz CT molecular complexity index is 617. The Hall–Kier alpha value is -1.81. The van der Waals surface area contributed by atoms with Crippen LogP contribution in [0, 0.1) is 6.92 Å². The Morgan fingerprint density at radius 3 is 2.85 bits per heavy atom. The summed E-state index contributed by atoms with van der Waals surface area (Å²) in [5.41, 5.74) is 2.44. The maximum Gasteiger partial charge on any atom is 0.254 e. The second-order valence-electron chi connectivity index (χ2n) is 5.25. The smallest absolute Gasteiger partial charge is 0.254 e. The predicted octanol–water partition coefficient (Wildman–Crippen LogP) is 3.57. The molecule has 0 bridgehead atoms. The van der Waals surface area contributed by atoms with Crippen LogP contribution < -0.4 is 0 Å². The minimum absolute atomic E-state index is 0.0205. The van der Waals surface area contributed by atoms with E-state index in [1.807, 2.05) is 10.3 Å². The van der Waals surface area contributed by atoms with Gasteiger partial charge in [0.05, 0.1) is 0 Å². The van der Waals surface area contributed by atoms with Gasteiger partial charge in [-0.1, -0.05) is 6.07 Å². The van der Waals surface area contributed by atoms with Gasteiger partial charge in [-0.25, -0.2) is 0 Å². The van der Waals surface area contributed by atoms with Gasteiger partial charge in [-0.05, 0) is 54.3 Å². The van der Waals surface area contributed by atoms with Crippen LogP contribution in [0.5, 0.6) is 5.75 Å². The van der Waals surface area contributed by atoms with Crippen molar-refractivity contribution in [2.75, 3.05) is 0 Å². The molecule has 1 heterocycles. The highest BCUT2D eigenvalue weighted by atomic mass is 32.1. The molecule has 0 saturated heterocycles. The number of aromatic hydroxyl groups is 1. The van der Waals surface area contributed by atoms with Gasteiger partial charge in [0.25, 0.3) is 5.91 Å². The maximum atomic E-state index is 12.7. The molecule has 4 heteroatoms. The Labute approximate surface area is 122 Å². The molecule has 3 nitrogen and oxygen atoms in total. The molecular weight excluding hydrogens is 270 g/mol. The van der Waals surface area contributed by atoms with Crippen LogP contribution in [-0.2, 0) is 6.54 Å². The summed E-state index contributed by atoms with van der Waals surface area (Å²) in [5, 5.41) is 13.9. The van der Waals surface area contributed by atoms with E-state index in [0.29, 0.717) is 23.7 Å². The van der Waals surface area contributed by atoms with Gasteiger partial charge in [-0.15, -0.1) is 0 Å². The molecule has 1 saturated carbocycles. The molecule has 1 N–H and O–H groups in total. The summed E-state index contributed by atoms with van der Waals surface area (Å²) in [6.07, 6.45) is 2.15.